The third-order valence-electron chi connectivity index (χ3n) is 4.52. The Hall–Kier alpha value is -2.32. The molecule has 0 aliphatic carbocycles. The molecule has 2 aliphatic rings. The maximum atomic E-state index is 12.7. The summed E-state index contributed by atoms with van der Waals surface area (Å²) in [6.07, 6.45) is 1.61. The minimum atomic E-state index is -0.430. The number of benzene rings is 1. The summed E-state index contributed by atoms with van der Waals surface area (Å²) in [7, 11) is 0. The number of ether oxygens (including phenoxy) is 1. The minimum absolute atomic E-state index is 0.108. The van der Waals surface area contributed by atoms with E-state index in [1.165, 1.54) is 4.90 Å². The number of aromatic nitrogens is 2. The fourth-order valence-electron chi connectivity index (χ4n) is 3.17. The van der Waals surface area contributed by atoms with Crippen LogP contribution in [-0.2, 0) is 4.74 Å². The topological polar surface area (TPSA) is 71.8 Å². The summed E-state index contributed by atoms with van der Waals surface area (Å²) in [4.78, 5) is 25.4. The minimum Gasteiger partial charge on any atom is -0.378 e. The number of aryl methyl sites for hydroxylation is 1. The number of thioether (sulfide) groups is 1. The van der Waals surface area contributed by atoms with Crippen LogP contribution >= 0.6 is 11.8 Å². The number of hydrogen-bond donors (Lipinski definition) is 1. The summed E-state index contributed by atoms with van der Waals surface area (Å²) < 4.78 is 7.05. The Morgan fingerprint density at radius 2 is 1.96 bits per heavy atom. The van der Waals surface area contributed by atoms with Crippen LogP contribution in [0, 0.1) is 6.92 Å². The molecular weight excluding hydrogens is 350 g/mol. The smallest absolute Gasteiger partial charge is 0.257 e. The van der Waals surface area contributed by atoms with Crippen LogP contribution < -0.4 is 10.9 Å². The first kappa shape index (κ1) is 17.1. The first-order chi connectivity index (χ1) is 12.7. The fraction of sp³-hybridized carbons (Fsp3) is 0.389. The summed E-state index contributed by atoms with van der Waals surface area (Å²) in [5, 5.41) is 3.24. The predicted octanol–water partition coefficient (Wildman–Crippen LogP) is 1.93. The molecule has 7 nitrogen and oxygen atoms in total. The van der Waals surface area contributed by atoms with E-state index in [9.17, 15) is 4.79 Å². The van der Waals surface area contributed by atoms with Crippen LogP contribution in [0.15, 0.2) is 45.0 Å². The molecular formula is C18H21N5O2S. The lowest BCUT2D eigenvalue weighted by Crippen LogP contribution is -2.47. The van der Waals surface area contributed by atoms with Gasteiger partial charge >= 0.3 is 0 Å². The largest absolute Gasteiger partial charge is 0.378 e. The number of rotatable bonds is 2. The third kappa shape index (κ3) is 3.22. The normalized spacial score (nSPS) is 19.5. The van der Waals surface area contributed by atoms with Gasteiger partial charge in [0.25, 0.3) is 5.56 Å². The van der Waals surface area contributed by atoms with E-state index in [-0.39, 0.29) is 5.56 Å². The van der Waals surface area contributed by atoms with Gasteiger partial charge in [-0.1, -0.05) is 12.1 Å². The Labute approximate surface area is 156 Å². The second-order valence-electron chi connectivity index (χ2n) is 6.25. The average molecular weight is 371 g/mol. The Bertz CT molecular complexity index is 887. The van der Waals surface area contributed by atoms with Crippen molar-refractivity contribution in [3.63, 3.8) is 0 Å². The van der Waals surface area contributed by atoms with E-state index in [2.05, 4.69) is 27.3 Å². The van der Waals surface area contributed by atoms with Crippen LogP contribution in [0.1, 0.15) is 17.4 Å². The van der Waals surface area contributed by atoms with Crippen LogP contribution in [0.25, 0.3) is 0 Å². The summed E-state index contributed by atoms with van der Waals surface area (Å²) in [5.74, 6) is 1.27. The number of hydrogen-bond acceptors (Lipinski definition) is 7. The second-order valence-corrected chi connectivity index (χ2v) is 7.13. The monoisotopic (exact) mass is 371 g/mol. The quantitative estimate of drug-likeness (QED) is 0.814. The Morgan fingerprint density at radius 3 is 2.65 bits per heavy atom. The van der Waals surface area contributed by atoms with Crippen LogP contribution in [0.5, 0.6) is 0 Å². The van der Waals surface area contributed by atoms with Gasteiger partial charge < -0.3 is 9.64 Å². The number of nitrogens with one attached hydrogen (secondary N) is 1. The van der Waals surface area contributed by atoms with E-state index < -0.39 is 6.17 Å². The van der Waals surface area contributed by atoms with Crippen molar-refractivity contribution in [2.75, 3.05) is 37.9 Å². The molecule has 1 fully saturated rings. The van der Waals surface area contributed by atoms with Crippen LogP contribution in [0.4, 0.5) is 5.95 Å². The number of aliphatic imine (C=N–C) groups is 1. The van der Waals surface area contributed by atoms with E-state index in [0.29, 0.717) is 24.9 Å². The molecule has 0 unspecified atom stereocenters. The summed E-state index contributed by atoms with van der Waals surface area (Å²) in [5.41, 5.74) is 1.54. The lowest BCUT2D eigenvalue weighted by Gasteiger charge is -2.34. The number of guanidine groups is 1. The lowest BCUT2D eigenvalue weighted by molar-refractivity contribution is 0.0675. The van der Waals surface area contributed by atoms with Crippen molar-refractivity contribution < 1.29 is 4.74 Å². The maximum absolute atomic E-state index is 12.7. The molecule has 1 aromatic heterocycles. The van der Waals surface area contributed by atoms with E-state index in [4.69, 9.17) is 9.73 Å². The highest BCUT2D eigenvalue weighted by Gasteiger charge is 2.28. The molecule has 8 heteroatoms. The molecule has 2 aromatic rings. The van der Waals surface area contributed by atoms with Crippen LogP contribution in [0.3, 0.4) is 0 Å². The van der Waals surface area contributed by atoms with Crippen molar-refractivity contribution in [3.05, 3.63) is 51.9 Å². The zero-order valence-electron chi connectivity index (χ0n) is 14.8. The molecule has 4 rings (SSSR count). The van der Waals surface area contributed by atoms with E-state index in [0.717, 1.165) is 24.6 Å². The molecule has 26 heavy (non-hydrogen) atoms. The highest BCUT2D eigenvalue weighted by molar-refractivity contribution is 7.98. The van der Waals surface area contributed by atoms with Crippen molar-refractivity contribution in [1.82, 2.24) is 14.5 Å². The maximum Gasteiger partial charge on any atom is 0.257 e. The molecule has 3 heterocycles. The molecule has 1 aromatic carbocycles. The highest BCUT2D eigenvalue weighted by Crippen LogP contribution is 2.27. The zero-order valence-corrected chi connectivity index (χ0v) is 15.6. The molecule has 0 saturated carbocycles. The zero-order chi connectivity index (χ0) is 18.1. The second kappa shape index (κ2) is 7.13. The molecule has 0 radical (unpaired) electrons. The van der Waals surface area contributed by atoms with Gasteiger partial charge in [-0.05, 0) is 30.9 Å². The first-order valence-electron chi connectivity index (χ1n) is 8.57. The van der Waals surface area contributed by atoms with Gasteiger partial charge in [-0.2, -0.15) is 0 Å². The van der Waals surface area contributed by atoms with Crippen molar-refractivity contribution in [3.8, 4) is 0 Å². The Kier molecular flexibility index (Phi) is 4.69. The van der Waals surface area contributed by atoms with Crippen molar-refractivity contribution in [1.29, 1.82) is 0 Å². The SMILES string of the molecule is CSc1ccc([C@@H]2N=C(N3CCOCC3)Nc3nc(C)cc(=O)n32)cc1. The highest BCUT2D eigenvalue weighted by atomic mass is 32.2. The molecule has 1 atom stereocenters. The number of anilines is 1. The van der Waals surface area contributed by atoms with Gasteiger partial charge in [0.15, 0.2) is 6.17 Å². The summed E-state index contributed by atoms with van der Waals surface area (Å²) >= 11 is 1.69. The van der Waals surface area contributed by atoms with Gasteiger partial charge in [0, 0.05) is 29.7 Å². The third-order valence-corrected chi connectivity index (χ3v) is 5.26. The number of nitrogens with zero attached hydrogens (tertiary/aromatic N) is 4. The Balaban J connectivity index is 1.80. The van der Waals surface area contributed by atoms with E-state index >= 15 is 0 Å². The molecule has 136 valence electrons. The fourth-order valence-corrected chi connectivity index (χ4v) is 3.58. The number of morpholine rings is 1. The van der Waals surface area contributed by atoms with Crippen molar-refractivity contribution in [2.45, 2.75) is 18.0 Å². The summed E-state index contributed by atoms with van der Waals surface area (Å²) in [6, 6.07) is 9.71. The van der Waals surface area contributed by atoms with Gasteiger partial charge in [-0.25, -0.2) is 9.98 Å². The molecule has 2 aliphatic heterocycles. The Morgan fingerprint density at radius 1 is 1.23 bits per heavy atom. The van der Waals surface area contributed by atoms with Gasteiger partial charge in [0.05, 0.1) is 13.2 Å². The van der Waals surface area contributed by atoms with Crippen LogP contribution in [-0.4, -0.2) is 53.0 Å². The molecule has 0 spiro atoms. The van der Waals surface area contributed by atoms with Gasteiger partial charge in [-0.15, -0.1) is 11.8 Å². The van der Waals surface area contributed by atoms with Gasteiger partial charge in [-0.3, -0.25) is 14.7 Å². The van der Waals surface area contributed by atoms with E-state index in [1.807, 2.05) is 25.3 Å². The molecule has 1 N–H and O–H groups in total. The summed E-state index contributed by atoms with van der Waals surface area (Å²) in [6.45, 7) is 4.69. The molecule has 1 saturated heterocycles. The van der Waals surface area contributed by atoms with Crippen molar-refractivity contribution >= 4 is 23.7 Å². The number of fused-ring (bicyclic) bond motifs is 1. The standard InChI is InChI=1S/C18H21N5O2S/c1-12-11-15(24)23-16(13-3-5-14(26-2)6-4-13)20-17(21-18(23)19-12)22-7-9-25-10-8-22/h3-6,11,16H,7-10H2,1-2H3,(H,19,20,21)/t16-/m1/s1. The lowest BCUT2D eigenvalue weighted by atomic mass is 10.1. The first-order valence-corrected chi connectivity index (χ1v) is 9.80. The van der Waals surface area contributed by atoms with Crippen molar-refractivity contribution in [2.24, 2.45) is 4.99 Å². The molecule has 0 bridgehead atoms. The van der Waals surface area contributed by atoms with Crippen LogP contribution in [0.2, 0.25) is 0 Å². The predicted molar refractivity (Wildman–Crippen MR) is 103 cm³/mol. The molecule has 0 amide bonds. The van der Waals surface area contributed by atoms with Gasteiger partial charge in [0.2, 0.25) is 11.9 Å². The van der Waals surface area contributed by atoms with E-state index in [1.54, 1.807) is 22.4 Å². The average Bonchev–Trinajstić information content (AvgIpc) is 2.67. The van der Waals surface area contributed by atoms with Gasteiger partial charge in [0.1, 0.15) is 0 Å².